The lowest BCUT2D eigenvalue weighted by Crippen LogP contribution is -2.51. The number of ether oxygens (including phenoxy) is 4. The van der Waals surface area contributed by atoms with Crippen molar-refractivity contribution >= 4 is 23.8 Å². The normalized spacial score (nSPS) is 19.5. The van der Waals surface area contributed by atoms with Gasteiger partial charge in [0.1, 0.15) is 0 Å². The highest BCUT2D eigenvalue weighted by Gasteiger charge is 2.24. The summed E-state index contributed by atoms with van der Waals surface area (Å²) in [6.07, 6.45) is 0. The smallest absolute Gasteiger partial charge is 0.320 e. The van der Waals surface area contributed by atoms with Crippen molar-refractivity contribution in [2.75, 3.05) is 125 Å². The third-order valence-corrected chi connectivity index (χ3v) is 6.63. The van der Waals surface area contributed by atoms with Crippen molar-refractivity contribution in [3.8, 4) is 0 Å². The van der Waals surface area contributed by atoms with Gasteiger partial charge in [0.25, 0.3) is 0 Å². The Morgan fingerprint density at radius 2 is 0.821 bits per heavy atom. The molecule has 0 aromatic heterocycles. The van der Waals surface area contributed by atoms with Gasteiger partial charge in [0.15, 0.2) is 0 Å². The van der Waals surface area contributed by atoms with Crippen molar-refractivity contribution in [2.45, 2.75) is 20.8 Å². The number of nitrogens with zero attached hydrogens (tertiary/aromatic N) is 5. The summed E-state index contributed by atoms with van der Waals surface area (Å²) in [7, 11) is 0. The largest absolute Gasteiger partial charge is 0.465 e. The van der Waals surface area contributed by atoms with Crippen molar-refractivity contribution in [1.82, 2.24) is 24.5 Å². The molecule has 13 nitrogen and oxygen atoms in total. The van der Waals surface area contributed by atoms with Gasteiger partial charge in [-0.15, -0.1) is 0 Å². The van der Waals surface area contributed by atoms with Gasteiger partial charge in [-0.3, -0.25) is 38.8 Å². The highest BCUT2D eigenvalue weighted by Crippen LogP contribution is 2.05. The molecule has 0 N–H and O–H groups in total. The minimum atomic E-state index is -0.314. The predicted molar refractivity (Wildman–Crippen MR) is 143 cm³/mol. The van der Waals surface area contributed by atoms with Crippen LogP contribution in [0.5, 0.6) is 0 Å². The molecular formula is C26H47N5O8. The fourth-order valence-electron chi connectivity index (χ4n) is 4.48. The van der Waals surface area contributed by atoms with Crippen LogP contribution in [0.15, 0.2) is 0 Å². The molecule has 2 aliphatic rings. The summed E-state index contributed by atoms with van der Waals surface area (Å²) in [5, 5.41) is 0. The summed E-state index contributed by atoms with van der Waals surface area (Å²) in [5.74, 6) is -0.887. The number of hydrogen-bond donors (Lipinski definition) is 0. The van der Waals surface area contributed by atoms with Gasteiger partial charge in [-0.2, -0.15) is 0 Å². The van der Waals surface area contributed by atoms with Gasteiger partial charge in [0.2, 0.25) is 5.91 Å². The van der Waals surface area contributed by atoms with E-state index in [-0.39, 0.29) is 50.0 Å². The topological polar surface area (TPSA) is 121 Å². The Labute approximate surface area is 232 Å². The predicted octanol–water partition coefficient (Wildman–Crippen LogP) is -1.24. The van der Waals surface area contributed by atoms with Crippen LogP contribution in [-0.2, 0) is 38.1 Å². The second-order valence-corrected chi connectivity index (χ2v) is 9.51. The first kappa shape index (κ1) is 32.9. The van der Waals surface area contributed by atoms with Gasteiger partial charge in [-0.05, 0) is 20.8 Å². The molecule has 0 spiro atoms. The Balaban J connectivity index is 2.16. The Kier molecular flexibility index (Phi) is 15.9. The zero-order valence-corrected chi connectivity index (χ0v) is 23.9. The molecule has 2 aliphatic heterocycles. The maximum atomic E-state index is 13.0. The van der Waals surface area contributed by atoms with Gasteiger partial charge in [0, 0.05) is 65.4 Å². The fourth-order valence-corrected chi connectivity index (χ4v) is 4.48. The Morgan fingerprint density at radius 3 is 1.13 bits per heavy atom. The zero-order chi connectivity index (χ0) is 28.5. The third-order valence-electron chi connectivity index (χ3n) is 6.63. The van der Waals surface area contributed by atoms with E-state index in [1.807, 2.05) is 19.6 Å². The summed E-state index contributed by atoms with van der Waals surface area (Å²) < 4.78 is 20.9. The van der Waals surface area contributed by atoms with Crippen LogP contribution in [0.3, 0.4) is 0 Å². The molecule has 0 bridgehead atoms. The number of carbonyl (C=O) groups is 4. The van der Waals surface area contributed by atoms with Crippen LogP contribution in [0.2, 0.25) is 0 Å². The molecule has 0 aromatic carbocycles. The van der Waals surface area contributed by atoms with Gasteiger partial charge in [0.05, 0.1) is 59.2 Å². The quantitative estimate of drug-likeness (QED) is 0.223. The molecule has 0 aliphatic carbocycles. The molecule has 0 atom stereocenters. The summed E-state index contributed by atoms with van der Waals surface area (Å²) in [4.78, 5) is 59.8. The highest BCUT2D eigenvalue weighted by molar-refractivity contribution is 5.78. The average Bonchev–Trinajstić information content (AvgIpc) is 2.90. The SMILES string of the molecule is CCOC(=O)CN1CCN(CC(=O)OCC)CCN(CC(=O)N2CCOCC2)CCN(CC(=O)OCC)CC1. The molecule has 224 valence electrons. The second-order valence-electron chi connectivity index (χ2n) is 9.51. The number of morpholine rings is 1. The van der Waals surface area contributed by atoms with Crippen LogP contribution < -0.4 is 0 Å². The maximum Gasteiger partial charge on any atom is 0.320 e. The molecule has 2 rings (SSSR count). The summed E-state index contributed by atoms with van der Waals surface area (Å²) in [5.41, 5.74) is 0. The number of carbonyl (C=O) groups excluding carboxylic acids is 4. The van der Waals surface area contributed by atoms with E-state index < -0.39 is 0 Å². The lowest BCUT2D eigenvalue weighted by Gasteiger charge is -2.34. The number of rotatable bonds is 11. The second kappa shape index (κ2) is 18.9. The van der Waals surface area contributed by atoms with E-state index in [1.165, 1.54) is 0 Å². The van der Waals surface area contributed by atoms with E-state index in [4.69, 9.17) is 18.9 Å². The van der Waals surface area contributed by atoms with Crippen molar-refractivity contribution < 1.29 is 38.1 Å². The molecule has 39 heavy (non-hydrogen) atoms. The molecule has 2 fully saturated rings. The molecule has 0 saturated carbocycles. The first-order chi connectivity index (χ1) is 18.8. The van der Waals surface area contributed by atoms with Crippen molar-refractivity contribution in [3.63, 3.8) is 0 Å². The van der Waals surface area contributed by atoms with Crippen LogP contribution in [0.4, 0.5) is 0 Å². The molecule has 13 heteroatoms. The Hall–Kier alpha value is -2.32. The molecule has 1 amide bonds. The van der Waals surface area contributed by atoms with Gasteiger partial charge >= 0.3 is 17.9 Å². The van der Waals surface area contributed by atoms with Gasteiger partial charge < -0.3 is 23.8 Å². The summed E-state index contributed by atoms with van der Waals surface area (Å²) in [6, 6.07) is 0. The zero-order valence-electron chi connectivity index (χ0n) is 23.9. The third kappa shape index (κ3) is 13.5. The van der Waals surface area contributed by atoms with Crippen LogP contribution in [-0.4, -0.2) is 173 Å². The lowest BCUT2D eigenvalue weighted by atomic mass is 10.3. The van der Waals surface area contributed by atoms with E-state index in [0.717, 1.165) is 0 Å². The van der Waals surface area contributed by atoms with Crippen molar-refractivity contribution in [2.24, 2.45) is 0 Å². The van der Waals surface area contributed by atoms with Crippen molar-refractivity contribution in [3.05, 3.63) is 0 Å². The van der Waals surface area contributed by atoms with Crippen LogP contribution in [0.1, 0.15) is 20.8 Å². The first-order valence-electron chi connectivity index (χ1n) is 14.1. The molecular weight excluding hydrogens is 510 g/mol. The van der Waals surface area contributed by atoms with Crippen LogP contribution >= 0.6 is 0 Å². The average molecular weight is 558 g/mol. The number of hydrogen-bond acceptors (Lipinski definition) is 12. The summed E-state index contributed by atoms with van der Waals surface area (Å²) >= 11 is 0. The summed E-state index contributed by atoms with van der Waals surface area (Å²) in [6.45, 7) is 13.4. The van der Waals surface area contributed by atoms with Crippen molar-refractivity contribution in [1.29, 1.82) is 0 Å². The maximum absolute atomic E-state index is 13.0. The monoisotopic (exact) mass is 557 g/mol. The van der Waals surface area contributed by atoms with E-state index in [9.17, 15) is 19.2 Å². The van der Waals surface area contributed by atoms with E-state index in [2.05, 4.69) is 4.90 Å². The fraction of sp³-hybridized carbons (Fsp3) is 0.846. The standard InChI is InChI=1S/C26H47N5O8/c1-4-37-24(33)20-28-9-7-27(19-23(32)31-15-17-36-18-16-31)8-10-29(21-25(34)38-5-2)12-14-30(13-11-28)22-26(35)39-6-3/h4-22H2,1-3H3. The molecule has 0 unspecified atom stereocenters. The van der Waals surface area contributed by atoms with Gasteiger partial charge in [-0.1, -0.05) is 0 Å². The Bertz CT molecular complexity index is 729. The number of amides is 1. The first-order valence-corrected chi connectivity index (χ1v) is 14.1. The highest BCUT2D eigenvalue weighted by atomic mass is 16.5. The minimum absolute atomic E-state index is 0.0416. The minimum Gasteiger partial charge on any atom is -0.465 e. The molecule has 2 heterocycles. The Morgan fingerprint density at radius 1 is 0.513 bits per heavy atom. The van der Waals surface area contributed by atoms with E-state index in [0.29, 0.717) is 98.5 Å². The molecule has 0 radical (unpaired) electrons. The van der Waals surface area contributed by atoms with Crippen LogP contribution in [0, 0.1) is 0 Å². The van der Waals surface area contributed by atoms with Crippen LogP contribution in [0.25, 0.3) is 0 Å². The van der Waals surface area contributed by atoms with E-state index >= 15 is 0 Å². The molecule has 0 aromatic rings. The number of esters is 3. The van der Waals surface area contributed by atoms with Gasteiger partial charge in [-0.25, -0.2) is 0 Å². The molecule has 2 saturated heterocycles. The lowest BCUT2D eigenvalue weighted by molar-refractivity contribution is -0.146. The van der Waals surface area contributed by atoms with E-state index in [1.54, 1.807) is 20.8 Å².